The van der Waals surface area contributed by atoms with Crippen LogP contribution in [0.25, 0.3) is 5.57 Å². The standard InChI is InChI=1S/C17H23NO2/c1-18-13-6-4-7-14(18)11-12(10-13)17-15(19-2)8-5-9-16(17)20-3/h5,8-10,13-14H,4,6-7,11H2,1-3H3. The normalized spacial score (nSPS) is 26.1. The first-order chi connectivity index (χ1) is 9.74. The Morgan fingerprint density at radius 2 is 1.80 bits per heavy atom. The minimum atomic E-state index is 0.562. The Morgan fingerprint density at radius 1 is 1.10 bits per heavy atom. The van der Waals surface area contributed by atoms with Gasteiger partial charge in [-0.05, 0) is 44.0 Å². The molecule has 2 aliphatic heterocycles. The summed E-state index contributed by atoms with van der Waals surface area (Å²) in [6.45, 7) is 0. The Balaban J connectivity index is 2.05. The first-order valence-electron chi connectivity index (χ1n) is 7.38. The van der Waals surface area contributed by atoms with Crippen LogP contribution in [0.2, 0.25) is 0 Å². The molecule has 0 radical (unpaired) electrons. The highest BCUT2D eigenvalue weighted by Crippen LogP contribution is 2.42. The first kappa shape index (κ1) is 13.5. The van der Waals surface area contributed by atoms with E-state index in [0.29, 0.717) is 12.1 Å². The number of hydrogen-bond donors (Lipinski definition) is 0. The highest BCUT2D eigenvalue weighted by Gasteiger charge is 2.32. The van der Waals surface area contributed by atoms with Crippen molar-refractivity contribution in [2.45, 2.75) is 37.8 Å². The van der Waals surface area contributed by atoms with E-state index in [9.17, 15) is 0 Å². The molecule has 3 heteroatoms. The van der Waals surface area contributed by atoms with Crippen molar-refractivity contribution >= 4 is 5.57 Å². The molecule has 2 atom stereocenters. The molecule has 0 aromatic heterocycles. The summed E-state index contributed by atoms with van der Waals surface area (Å²) >= 11 is 0. The number of fused-ring (bicyclic) bond motifs is 2. The van der Waals surface area contributed by atoms with Gasteiger partial charge >= 0.3 is 0 Å². The van der Waals surface area contributed by atoms with Gasteiger partial charge in [-0.1, -0.05) is 18.6 Å². The van der Waals surface area contributed by atoms with Gasteiger partial charge in [-0.15, -0.1) is 0 Å². The Bertz CT molecular complexity index is 501. The fourth-order valence-corrected chi connectivity index (χ4v) is 3.59. The number of ether oxygens (including phenoxy) is 2. The fraction of sp³-hybridized carbons (Fsp3) is 0.529. The maximum absolute atomic E-state index is 5.56. The molecule has 3 nitrogen and oxygen atoms in total. The molecule has 1 saturated heterocycles. The molecule has 0 spiro atoms. The number of hydrogen-bond acceptors (Lipinski definition) is 3. The van der Waals surface area contributed by atoms with Crippen molar-refractivity contribution in [2.24, 2.45) is 0 Å². The summed E-state index contributed by atoms with van der Waals surface area (Å²) in [4.78, 5) is 2.52. The van der Waals surface area contributed by atoms with Gasteiger partial charge in [0, 0.05) is 12.1 Å². The predicted octanol–water partition coefficient (Wildman–Crippen LogP) is 3.34. The van der Waals surface area contributed by atoms with Crippen LogP contribution in [-0.4, -0.2) is 38.3 Å². The lowest BCUT2D eigenvalue weighted by Crippen LogP contribution is -2.45. The van der Waals surface area contributed by atoms with Crippen LogP contribution in [0.4, 0.5) is 0 Å². The van der Waals surface area contributed by atoms with Gasteiger partial charge in [0.25, 0.3) is 0 Å². The van der Waals surface area contributed by atoms with Crippen LogP contribution in [-0.2, 0) is 0 Å². The molecule has 0 amide bonds. The summed E-state index contributed by atoms with van der Waals surface area (Å²) in [5.74, 6) is 1.83. The molecular weight excluding hydrogens is 250 g/mol. The Labute approximate surface area is 121 Å². The van der Waals surface area contributed by atoms with E-state index in [0.717, 1.165) is 23.5 Å². The van der Waals surface area contributed by atoms with E-state index in [1.807, 2.05) is 18.2 Å². The average Bonchev–Trinajstić information content (AvgIpc) is 2.46. The number of benzene rings is 1. The second kappa shape index (κ2) is 5.49. The summed E-state index contributed by atoms with van der Waals surface area (Å²) in [5.41, 5.74) is 2.52. The second-order valence-corrected chi connectivity index (χ2v) is 5.75. The van der Waals surface area contributed by atoms with E-state index < -0.39 is 0 Å². The SMILES string of the molecule is COc1cccc(OC)c1C1=CC2CCCC(C1)N2C. The molecule has 2 aliphatic rings. The number of likely N-dealkylation sites (N-methyl/N-ethyl adjacent to an activating group) is 1. The van der Waals surface area contributed by atoms with Crippen LogP contribution in [0, 0.1) is 0 Å². The quantitative estimate of drug-likeness (QED) is 0.843. The highest BCUT2D eigenvalue weighted by molar-refractivity contribution is 5.77. The maximum Gasteiger partial charge on any atom is 0.130 e. The summed E-state index contributed by atoms with van der Waals surface area (Å²) in [5, 5.41) is 0. The molecular formula is C17H23NO2. The summed E-state index contributed by atoms with van der Waals surface area (Å²) in [6.07, 6.45) is 7.39. The molecule has 1 aromatic rings. The smallest absolute Gasteiger partial charge is 0.130 e. The third kappa shape index (κ3) is 2.20. The lowest BCUT2D eigenvalue weighted by atomic mass is 9.83. The molecule has 3 rings (SSSR count). The van der Waals surface area contributed by atoms with E-state index >= 15 is 0 Å². The van der Waals surface area contributed by atoms with Gasteiger partial charge in [-0.25, -0.2) is 0 Å². The minimum absolute atomic E-state index is 0.562. The zero-order valence-corrected chi connectivity index (χ0v) is 12.6. The molecule has 20 heavy (non-hydrogen) atoms. The monoisotopic (exact) mass is 273 g/mol. The topological polar surface area (TPSA) is 21.7 Å². The third-order valence-corrected chi connectivity index (χ3v) is 4.73. The summed E-state index contributed by atoms with van der Waals surface area (Å²) in [6, 6.07) is 7.24. The number of rotatable bonds is 3. The minimum Gasteiger partial charge on any atom is -0.496 e. The van der Waals surface area contributed by atoms with Gasteiger partial charge < -0.3 is 9.47 Å². The van der Waals surface area contributed by atoms with E-state index in [-0.39, 0.29) is 0 Å². The Kier molecular flexibility index (Phi) is 3.70. The largest absolute Gasteiger partial charge is 0.496 e. The Hall–Kier alpha value is -1.48. The van der Waals surface area contributed by atoms with E-state index in [2.05, 4.69) is 18.0 Å². The van der Waals surface area contributed by atoms with Gasteiger partial charge in [0.1, 0.15) is 11.5 Å². The zero-order chi connectivity index (χ0) is 14.1. The molecule has 1 fully saturated rings. The van der Waals surface area contributed by atoms with Gasteiger partial charge in [0.2, 0.25) is 0 Å². The summed E-state index contributed by atoms with van der Waals surface area (Å²) < 4.78 is 11.1. The molecule has 2 bridgehead atoms. The lowest BCUT2D eigenvalue weighted by Gasteiger charge is -2.43. The zero-order valence-electron chi connectivity index (χ0n) is 12.6. The average molecular weight is 273 g/mol. The molecule has 1 aromatic carbocycles. The van der Waals surface area contributed by atoms with E-state index in [1.165, 1.54) is 24.8 Å². The Morgan fingerprint density at radius 3 is 2.40 bits per heavy atom. The lowest BCUT2D eigenvalue weighted by molar-refractivity contribution is 0.137. The number of nitrogens with zero attached hydrogens (tertiary/aromatic N) is 1. The van der Waals surface area contributed by atoms with Crippen molar-refractivity contribution < 1.29 is 9.47 Å². The van der Waals surface area contributed by atoms with Crippen LogP contribution in [0.1, 0.15) is 31.2 Å². The maximum atomic E-state index is 5.56. The molecule has 2 unspecified atom stereocenters. The highest BCUT2D eigenvalue weighted by atomic mass is 16.5. The summed E-state index contributed by atoms with van der Waals surface area (Å²) in [7, 11) is 5.71. The van der Waals surface area contributed by atoms with Crippen LogP contribution >= 0.6 is 0 Å². The van der Waals surface area contributed by atoms with Gasteiger partial charge in [0.05, 0.1) is 19.8 Å². The van der Waals surface area contributed by atoms with Crippen LogP contribution in [0.5, 0.6) is 11.5 Å². The number of piperidine rings is 1. The van der Waals surface area contributed by atoms with Crippen molar-refractivity contribution in [3.05, 3.63) is 29.8 Å². The van der Waals surface area contributed by atoms with E-state index in [1.54, 1.807) is 14.2 Å². The van der Waals surface area contributed by atoms with Crippen molar-refractivity contribution in [3.8, 4) is 11.5 Å². The van der Waals surface area contributed by atoms with Crippen LogP contribution in [0.3, 0.4) is 0 Å². The van der Waals surface area contributed by atoms with Crippen molar-refractivity contribution in [1.29, 1.82) is 0 Å². The van der Waals surface area contributed by atoms with Gasteiger partial charge in [0.15, 0.2) is 0 Å². The van der Waals surface area contributed by atoms with Crippen LogP contribution in [0.15, 0.2) is 24.3 Å². The van der Waals surface area contributed by atoms with Crippen molar-refractivity contribution in [1.82, 2.24) is 4.90 Å². The first-order valence-corrected chi connectivity index (χ1v) is 7.38. The van der Waals surface area contributed by atoms with Gasteiger partial charge in [-0.2, -0.15) is 0 Å². The van der Waals surface area contributed by atoms with Crippen LogP contribution < -0.4 is 9.47 Å². The third-order valence-electron chi connectivity index (χ3n) is 4.73. The molecule has 0 N–H and O–H groups in total. The van der Waals surface area contributed by atoms with Crippen molar-refractivity contribution in [3.63, 3.8) is 0 Å². The van der Waals surface area contributed by atoms with Crippen molar-refractivity contribution in [2.75, 3.05) is 21.3 Å². The van der Waals surface area contributed by atoms with E-state index in [4.69, 9.17) is 9.47 Å². The number of methoxy groups -OCH3 is 2. The molecule has 0 saturated carbocycles. The van der Waals surface area contributed by atoms with Gasteiger partial charge in [-0.3, -0.25) is 4.90 Å². The fourth-order valence-electron chi connectivity index (χ4n) is 3.59. The molecule has 0 aliphatic carbocycles. The predicted molar refractivity (Wildman–Crippen MR) is 81.3 cm³/mol. The molecule has 2 heterocycles. The molecule has 108 valence electrons. The second-order valence-electron chi connectivity index (χ2n) is 5.75.